The Hall–Kier alpha value is -0.520. The third kappa shape index (κ3) is 3.34. The van der Waals surface area contributed by atoms with E-state index in [0.717, 1.165) is 17.8 Å². The summed E-state index contributed by atoms with van der Waals surface area (Å²) in [5.74, 6) is 2.48. The molecule has 4 aliphatic rings. The fourth-order valence-corrected chi connectivity index (χ4v) is 11.5. The zero-order chi connectivity index (χ0) is 24.1. The van der Waals surface area contributed by atoms with Gasteiger partial charge in [0.2, 0.25) is 0 Å². The van der Waals surface area contributed by atoms with Crippen molar-refractivity contribution in [1.82, 2.24) is 0 Å². The molecule has 0 amide bonds. The van der Waals surface area contributed by atoms with Crippen molar-refractivity contribution < 1.29 is 0 Å². The highest BCUT2D eigenvalue weighted by Crippen LogP contribution is 2.77. The van der Waals surface area contributed by atoms with Gasteiger partial charge in [0.15, 0.2) is 0 Å². The van der Waals surface area contributed by atoms with Crippen LogP contribution in [0.2, 0.25) is 0 Å². The van der Waals surface area contributed by atoms with Crippen LogP contribution >= 0.6 is 0 Å². The lowest BCUT2D eigenvalue weighted by Gasteiger charge is -2.72. The largest absolute Gasteiger partial charge is 0.103 e. The summed E-state index contributed by atoms with van der Waals surface area (Å²) >= 11 is 0. The van der Waals surface area contributed by atoms with Crippen molar-refractivity contribution >= 4 is 0 Å². The van der Waals surface area contributed by atoms with Gasteiger partial charge in [-0.1, -0.05) is 72.1 Å². The summed E-state index contributed by atoms with van der Waals surface area (Å²) in [5.41, 5.74) is 3.93. The van der Waals surface area contributed by atoms with Gasteiger partial charge in [-0.3, -0.25) is 0 Å². The van der Waals surface area contributed by atoms with Crippen LogP contribution in [0.3, 0.4) is 0 Å². The van der Waals surface area contributed by atoms with E-state index in [1.807, 2.05) is 0 Å². The van der Waals surface area contributed by atoms with Gasteiger partial charge in [-0.2, -0.15) is 0 Å². The zero-order valence-corrected chi connectivity index (χ0v) is 23.3. The Kier molecular flexibility index (Phi) is 6.86. The lowest BCUT2D eigenvalue weighted by Crippen LogP contribution is -2.65. The van der Waals surface area contributed by atoms with Gasteiger partial charge in [0.1, 0.15) is 0 Å². The van der Waals surface area contributed by atoms with E-state index in [1.165, 1.54) is 102 Å². The molecule has 0 heterocycles. The fraction of sp³-hybridized carbons (Fsp3) is 0.879. The molecule has 0 N–H and O–H groups in total. The van der Waals surface area contributed by atoms with Crippen LogP contribution in [-0.4, -0.2) is 0 Å². The van der Waals surface area contributed by atoms with Crippen molar-refractivity contribution in [3.8, 4) is 0 Å². The van der Waals surface area contributed by atoms with Crippen LogP contribution in [0.1, 0.15) is 138 Å². The van der Waals surface area contributed by atoms with Gasteiger partial charge in [-0.15, -0.1) is 6.58 Å². The van der Waals surface area contributed by atoms with Crippen LogP contribution in [-0.2, 0) is 0 Å². The molecule has 4 rings (SSSR count). The molecular weight excluding hydrogens is 396 g/mol. The van der Waals surface area contributed by atoms with Crippen LogP contribution in [0.4, 0.5) is 0 Å². The van der Waals surface area contributed by atoms with Gasteiger partial charge in [0.25, 0.3) is 0 Å². The SMILES string of the molecule is C=C[C@]12CC[C@@H]3[C@](CC)(CC[C@]4(C)[C@H](C(=C)C)CCC[C@@]34CC)C1CCC(CC)(CC)CC2. The second-order valence-corrected chi connectivity index (χ2v) is 13.6. The Labute approximate surface area is 207 Å². The predicted octanol–water partition coefficient (Wildman–Crippen LogP) is 10.5. The maximum Gasteiger partial charge on any atom is -0.00869 e. The van der Waals surface area contributed by atoms with E-state index in [4.69, 9.17) is 0 Å². The van der Waals surface area contributed by atoms with Gasteiger partial charge in [0, 0.05) is 0 Å². The van der Waals surface area contributed by atoms with E-state index in [2.05, 4.69) is 60.8 Å². The molecule has 0 aliphatic heterocycles. The maximum absolute atomic E-state index is 4.56. The Balaban J connectivity index is 1.82. The highest BCUT2D eigenvalue weighted by atomic mass is 14.7. The molecule has 0 aromatic carbocycles. The molecule has 1 unspecified atom stereocenters. The van der Waals surface area contributed by atoms with Crippen molar-refractivity contribution in [2.24, 2.45) is 44.8 Å². The fourth-order valence-electron chi connectivity index (χ4n) is 11.5. The third-order valence-corrected chi connectivity index (χ3v) is 13.7. The number of hydrogen-bond acceptors (Lipinski definition) is 0. The number of allylic oxidation sites excluding steroid dienone is 2. The molecule has 0 heteroatoms. The molecule has 0 saturated heterocycles. The van der Waals surface area contributed by atoms with Gasteiger partial charge < -0.3 is 0 Å². The minimum Gasteiger partial charge on any atom is -0.103 e. The topological polar surface area (TPSA) is 0 Å². The summed E-state index contributed by atoms with van der Waals surface area (Å²) in [4.78, 5) is 0. The van der Waals surface area contributed by atoms with E-state index in [1.54, 1.807) is 0 Å². The molecule has 4 saturated carbocycles. The first-order valence-electron chi connectivity index (χ1n) is 15.0. The van der Waals surface area contributed by atoms with Crippen LogP contribution in [0.25, 0.3) is 0 Å². The normalized spacial score (nSPS) is 46.9. The van der Waals surface area contributed by atoms with E-state index >= 15 is 0 Å². The first-order chi connectivity index (χ1) is 15.7. The van der Waals surface area contributed by atoms with Crippen molar-refractivity contribution in [3.05, 3.63) is 24.8 Å². The minimum atomic E-state index is 0.393. The number of hydrogen-bond donors (Lipinski definition) is 0. The first-order valence-corrected chi connectivity index (χ1v) is 15.0. The maximum atomic E-state index is 4.56. The lowest BCUT2D eigenvalue weighted by molar-refractivity contribution is -0.224. The quantitative estimate of drug-likeness (QED) is 0.351. The first kappa shape index (κ1) is 25.6. The Morgan fingerprint density at radius 3 is 2.06 bits per heavy atom. The summed E-state index contributed by atoms with van der Waals surface area (Å²) in [6, 6.07) is 0. The van der Waals surface area contributed by atoms with Crippen LogP contribution in [0, 0.1) is 44.8 Å². The van der Waals surface area contributed by atoms with Gasteiger partial charge >= 0.3 is 0 Å². The Bertz CT molecular complexity index is 741. The molecule has 0 aromatic rings. The standard InChI is InChI=1S/C33H56/c1-9-30(10-2)19-16-27-31(11-3,23-22-30)20-17-28-32(27,12-4)24-21-29(8)26(25(6)7)15-14-18-33(28,29)13-5/h11,26-28H,3,6,9-10,12-24H2,1-2,4-5,7-8H3/t26-,27?,28+,29+,31+,32+,33-/m0/s1. The van der Waals surface area contributed by atoms with E-state index in [-0.39, 0.29) is 0 Å². The minimum absolute atomic E-state index is 0.393. The molecule has 0 radical (unpaired) electrons. The third-order valence-electron chi connectivity index (χ3n) is 13.7. The average Bonchev–Trinajstić information content (AvgIpc) is 3.01. The van der Waals surface area contributed by atoms with Gasteiger partial charge in [0.05, 0.1) is 0 Å². The highest BCUT2D eigenvalue weighted by molar-refractivity contribution is 5.22. The summed E-state index contributed by atoms with van der Waals surface area (Å²) in [6.07, 6.45) is 23.8. The molecule has 0 aromatic heterocycles. The van der Waals surface area contributed by atoms with E-state index in [9.17, 15) is 0 Å². The average molecular weight is 453 g/mol. The molecular formula is C33H56. The van der Waals surface area contributed by atoms with Crippen molar-refractivity contribution in [2.45, 2.75) is 138 Å². The Morgan fingerprint density at radius 1 is 0.788 bits per heavy atom. The summed E-state index contributed by atoms with van der Waals surface area (Å²) in [5, 5.41) is 0. The predicted molar refractivity (Wildman–Crippen MR) is 145 cm³/mol. The molecule has 4 aliphatic carbocycles. The van der Waals surface area contributed by atoms with Gasteiger partial charge in [-0.05, 0) is 129 Å². The summed E-state index contributed by atoms with van der Waals surface area (Å²) in [6.45, 7) is 24.2. The lowest BCUT2D eigenvalue weighted by atomic mass is 9.32. The molecule has 0 bridgehead atoms. The molecule has 4 fully saturated rings. The second kappa shape index (κ2) is 8.85. The summed E-state index contributed by atoms with van der Waals surface area (Å²) < 4.78 is 0. The highest BCUT2D eigenvalue weighted by Gasteiger charge is 2.69. The second-order valence-electron chi connectivity index (χ2n) is 13.6. The number of fused-ring (bicyclic) bond motifs is 5. The van der Waals surface area contributed by atoms with E-state index in [0.29, 0.717) is 27.1 Å². The Morgan fingerprint density at radius 2 is 1.48 bits per heavy atom. The van der Waals surface area contributed by atoms with Gasteiger partial charge in [-0.25, -0.2) is 0 Å². The van der Waals surface area contributed by atoms with Crippen molar-refractivity contribution in [3.63, 3.8) is 0 Å². The zero-order valence-electron chi connectivity index (χ0n) is 23.3. The smallest absolute Gasteiger partial charge is 0.00869 e. The molecule has 33 heavy (non-hydrogen) atoms. The van der Waals surface area contributed by atoms with Crippen molar-refractivity contribution in [2.75, 3.05) is 0 Å². The molecule has 7 atom stereocenters. The molecule has 188 valence electrons. The van der Waals surface area contributed by atoms with Crippen LogP contribution in [0.5, 0.6) is 0 Å². The monoisotopic (exact) mass is 452 g/mol. The summed E-state index contributed by atoms with van der Waals surface area (Å²) in [7, 11) is 0. The van der Waals surface area contributed by atoms with E-state index < -0.39 is 0 Å². The van der Waals surface area contributed by atoms with Crippen LogP contribution < -0.4 is 0 Å². The molecule has 0 nitrogen and oxygen atoms in total. The van der Waals surface area contributed by atoms with Crippen LogP contribution in [0.15, 0.2) is 24.8 Å². The number of rotatable bonds is 6. The molecule has 0 spiro atoms. The van der Waals surface area contributed by atoms with Crippen molar-refractivity contribution in [1.29, 1.82) is 0 Å².